The molecule has 2 amide bonds. The molecule has 0 aliphatic rings. The summed E-state index contributed by atoms with van der Waals surface area (Å²) < 4.78 is 0. The number of thiophene rings is 1. The van der Waals surface area contributed by atoms with Crippen molar-refractivity contribution in [1.29, 1.82) is 0 Å². The van der Waals surface area contributed by atoms with E-state index in [1.54, 1.807) is 24.2 Å². The molecule has 2 heterocycles. The highest BCUT2D eigenvalue weighted by molar-refractivity contribution is 7.12. The third-order valence-electron chi connectivity index (χ3n) is 4.44. The molecule has 3 aromatic rings. The zero-order valence-corrected chi connectivity index (χ0v) is 17.0. The maximum Gasteiger partial charge on any atom is 0.262 e. The standard InChI is InChI=1S/C21H24N4O2S/c1-14(2)19(24-20(26)17-10-7-11-28-17)21(27)25(3)13-18-22-12-16(23-18)15-8-5-4-6-9-15/h4-12,14,19H,13H2,1-3H3,(H,22,23)(H,24,26)/t19-/m1/s1. The van der Waals surface area contributed by atoms with Crippen molar-refractivity contribution >= 4 is 23.2 Å². The smallest absolute Gasteiger partial charge is 0.262 e. The lowest BCUT2D eigenvalue weighted by Crippen LogP contribution is -2.49. The number of nitrogens with one attached hydrogen (secondary N) is 2. The molecule has 0 spiro atoms. The zero-order valence-electron chi connectivity index (χ0n) is 16.2. The van der Waals surface area contributed by atoms with Crippen molar-refractivity contribution in [2.45, 2.75) is 26.4 Å². The van der Waals surface area contributed by atoms with Crippen LogP contribution in [0.1, 0.15) is 29.3 Å². The summed E-state index contributed by atoms with van der Waals surface area (Å²) in [4.78, 5) is 35.1. The van der Waals surface area contributed by atoms with Crippen LogP contribution in [0, 0.1) is 5.92 Å². The summed E-state index contributed by atoms with van der Waals surface area (Å²) in [6.45, 7) is 4.18. The molecule has 0 aliphatic carbocycles. The average molecular weight is 397 g/mol. The van der Waals surface area contributed by atoms with E-state index in [4.69, 9.17) is 0 Å². The number of hydrogen-bond donors (Lipinski definition) is 2. The predicted octanol–water partition coefficient (Wildman–Crippen LogP) is 3.55. The van der Waals surface area contributed by atoms with Crippen LogP contribution in [0.5, 0.6) is 0 Å². The van der Waals surface area contributed by atoms with Crippen molar-refractivity contribution in [3.8, 4) is 11.3 Å². The van der Waals surface area contributed by atoms with Gasteiger partial charge in [-0.05, 0) is 22.9 Å². The normalized spacial score (nSPS) is 12.0. The first-order valence-corrected chi connectivity index (χ1v) is 10.0. The van der Waals surface area contributed by atoms with Crippen LogP contribution in [-0.2, 0) is 11.3 Å². The minimum Gasteiger partial charge on any atom is -0.341 e. The summed E-state index contributed by atoms with van der Waals surface area (Å²) in [7, 11) is 1.72. The van der Waals surface area contributed by atoms with Gasteiger partial charge in [0.25, 0.3) is 5.91 Å². The topological polar surface area (TPSA) is 78.1 Å². The monoisotopic (exact) mass is 396 g/mol. The summed E-state index contributed by atoms with van der Waals surface area (Å²) in [5, 5.41) is 4.71. The number of carbonyl (C=O) groups excluding carboxylic acids is 2. The fourth-order valence-corrected chi connectivity index (χ4v) is 3.51. The number of H-pyrrole nitrogens is 1. The van der Waals surface area contributed by atoms with Crippen LogP contribution in [0.25, 0.3) is 11.3 Å². The molecule has 28 heavy (non-hydrogen) atoms. The van der Waals surface area contributed by atoms with Crippen molar-refractivity contribution in [3.63, 3.8) is 0 Å². The molecule has 0 unspecified atom stereocenters. The van der Waals surface area contributed by atoms with Gasteiger partial charge in [-0.3, -0.25) is 9.59 Å². The highest BCUT2D eigenvalue weighted by Gasteiger charge is 2.28. The van der Waals surface area contributed by atoms with Gasteiger partial charge in [0, 0.05) is 7.05 Å². The molecule has 146 valence electrons. The number of amides is 2. The first-order valence-electron chi connectivity index (χ1n) is 9.14. The second kappa shape index (κ2) is 8.84. The van der Waals surface area contributed by atoms with Crippen LogP contribution in [0.3, 0.4) is 0 Å². The van der Waals surface area contributed by atoms with E-state index in [1.807, 2.05) is 55.6 Å². The van der Waals surface area contributed by atoms with E-state index in [1.165, 1.54) is 11.3 Å². The molecular weight excluding hydrogens is 372 g/mol. The lowest BCUT2D eigenvalue weighted by molar-refractivity contribution is -0.133. The minimum absolute atomic E-state index is 0.0321. The molecule has 0 saturated heterocycles. The van der Waals surface area contributed by atoms with Gasteiger partial charge in [0.2, 0.25) is 5.91 Å². The van der Waals surface area contributed by atoms with Crippen molar-refractivity contribution in [3.05, 3.63) is 64.7 Å². The van der Waals surface area contributed by atoms with Gasteiger partial charge in [-0.2, -0.15) is 0 Å². The molecule has 0 bridgehead atoms. The third-order valence-corrected chi connectivity index (χ3v) is 5.31. The number of hydrogen-bond acceptors (Lipinski definition) is 4. The first kappa shape index (κ1) is 19.8. The Morgan fingerprint density at radius 1 is 1.18 bits per heavy atom. The second-order valence-electron chi connectivity index (χ2n) is 6.98. The molecule has 0 saturated carbocycles. The number of nitrogens with zero attached hydrogens (tertiary/aromatic N) is 2. The van der Waals surface area contributed by atoms with E-state index in [2.05, 4.69) is 15.3 Å². The summed E-state index contributed by atoms with van der Waals surface area (Å²) >= 11 is 1.36. The zero-order chi connectivity index (χ0) is 20.1. The molecule has 2 aromatic heterocycles. The Kier molecular flexibility index (Phi) is 6.26. The van der Waals surface area contributed by atoms with Gasteiger partial charge in [-0.15, -0.1) is 11.3 Å². The quantitative estimate of drug-likeness (QED) is 0.641. The number of imidazole rings is 1. The Hall–Kier alpha value is -2.93. The van der Waals surface area contributed by atoms with E-state index in [9.17, 15) is 9.59 Å². The number of carbonyl (C=O) groups is 2. The SMILES string of the molecule is CC(C)[C@@H](NC(=O)c1cccs1)C(=O)N(C)Cc1ncc(-c2ccccc2)[nH]1. The summed E-state index contributed by atoms with van der Waals surface area (Å²) in [5.41, 5.74) is 1.95. The van der Waals surface area contributed by atoms with E-state index in [-0.39, 0.29) is 17.7 Å². The predicted molar refractivity (Wildman–Crippen MR) is 111 cm³/mol. The van der Waals surface area contributed by atoms with E-state index in [0.717, 1.165) is 11.3 Å². The Morgan fingerprint density at radius 2 is 1.93 bits per heavy atom. The van der Waals surface area contributed by atoms with Crippen molar-refractivity contribution in [2.24, 2.45) is 5.92 Å². The molecule has 0 aliphatic heterocycles. The minimum atomic E-state index is -0.594. The summed E-state index contributed by atoms with van der Waals surface area (Å²) in [5.74, 6) is 0.300. The average Bonchev–Trinajstić information content (AvgIpc) is 3.38. The molecular formula is C21H24N4O2S. The van der Waals surface area contributed by atoms with Crippen LogP contribution < -0.4 is 5.32 Å². The van der Waals surface area contributed by atoms with Gasteiger partial charge in [0.05, 0.1) is 23.3 Å². The molecule has 7 heteroatoms. The molecule has 0 radical (unpaired) electrons. The number of likely N-dealkylation sites (N-methyl/N-ethyl adjacent to an activating group) is 1. The molecule has 6 nitrogen and oxygen atoms in total. The number of aromatic amines is 1. The van der Waals surface area contributed by atoms with E-state index >= 15 is 0 Å². The van der Waals surface area contributed by atoms with E-state index < -0.39 is 6.04 Å². The van der Waals surface area contributed by atoms with Crippen molar-refractivity contribution in [1.82, 2.24) is 20.2 Å². The van der Waals surface area contributed by atoms with Crippen LogP contribution in [0.2, 0.25) is 0 Å². The van der Waals surface area contributed by atoms with Crippen molar-refractivity contribution < 1.29 is 9.59 Å². The van der Waals surface area contributed by atoms with Crippen LogP contribution in [-0.4, -0.2) is 39.8 Å². The number of aromatic nitrogens is 2. The highest BCUT2D eigenvalue weighted by Crippen LogP contribution is 2.17. The number of rotatable bonds is 7. The maximum absolute atomic E-state index is 12.9. The fraction of sp³-hybridized carbons (Fsp3) is 0.286. The Balaban J connectivity index is 1.66. The van der Waals surface area contributed by atoms with Crippen LogP contribution >= 0.6 is 11.3 Å². The second-order valence-corrected chi connectivity index (χ2v) is 7.92. The fourth-order valence-electron chi connectivity index (χ4n) is 2.88. The first-order chi connectivity index (χ1) is 13.5. The van der Waals surface area contributed by atoms with Crippen LogP contribution in [0.15, 0.2) is 54.0 Å². The number of benzene rings is 1. The van der Waals surface area contributed by atoms with Gasteiger partial charge in [0.15, 0.2) is 0 Å². The Morgan fingerprint density at radius 3 is 2.57 bits per heavy atom. The van der Waals surface area contributed by atoms with E-state index in [0.29, 0.717) is 17.2 Å². The molecule has 1 aromatic carbocycles. The molecule has 1 atom stereocenters. The van der Waals surface area contributed by atoms with Gasteiger partial charge in [-0.1, -0.05) is 50.2 Å². The van der Waals surface area contributed by atoms with Gasteiger partial charge >= 0.3 is 0 Å². The van der Waals surface area contributed by atoms with Crippen LogP contribution in [0.4, 0.5) is 0 Å². The maximum atomic E-state index is 12.9. The third kappa shape index (κ3) is 4.67. The summed E-state index contributed by atoms with van der Waals surface area (Å²) in [6, 6.07) is 12.9. The largest absolute Gasteiger partial charge is 0.341 e. The highest BCUT2D eigenvalue weighted by atomic mass is 32.1. The Bertz CT molecular complexity index is 919. The molecule has 0 fully saturated rings. The Labute approximate surface area is 168 Å². The summed E-state index contributed by atoms with van der Waals surface area (Å²) in [6.07, 6.45) is 1.77. The van der Waals surface area contributed by atoms with Gasteiger partial charge in [-0.25, -0.2) is 4.98 Å². The van der Waals surface area contributed by atoms with Crippen molar-refractivity contribution in [2.75, 3.05) is 7.05 Å². The molecule has 2 N–H and O–H groups in total. The lowest BCUT2D eigenvalue weighted by Gasteiger charge is -2.26. The van der Waals surface area contributed by atoms with Gasteiger partial charge in [0.1, 0.15) is 11.9 Å². The van der Waals surface area contributed by atoms with Gasteiger partial charge < -0.3 is 15.2 Å². The molecule has 3 rings (SSSR count). The lowest BCUT2D eigenvalue weighted by atomic mass is 10.0.